The average molecular weight is 406 g/mol. The van der Waals surface area contributed by atoms with Crippen LogP contribution < -0.4 is 5.32 Å². The van der Waals surface area contributed by atoms with Crippen LogP contribution in [0.1, 0.15) is 39.1 Å². The highest BCUT2D eigenvalue weighted by molar-refractivity contribution is 9.10. The molecule has 0 fully saturated rings. The van der Waals surface area contributed by atoms with Crippen molar-refractivity contribution in [3.63, 3.8) is 0 Å². The second-order valence-corrected chi connectivity index (χ2v) is 6.49. The molecule has 0 spiro atoms. The maximum atomic E-state index is 13.2. The first-order valence-electron chi connectivity index (χ1n) is 7.47. The van der Waals surface area contributed by atoms with Gasteiger partial charge in [-0.05, 0) is 64.8 Å². The molecule has 2 aromatic carbocycles. The summed E-state index contributed by atoms with van der Waals surface area (Å²) in [4.78, 5) is 35.9. The Kier molecular flexibility index (Phi) is 4.67. The Balaban J connectivity index is 1.70. The number of Topliss-reactive ketones (excluding diaryl/α,β-unsaturated/α-hetero) is 1. The molecule has 0 aliphatic carbocycles. The van der Waals surface area contributed by atoms with Gasteiger partial charge in [0.05, 0.1) is 11.5 Å². The molecule has 0 unspecified atom stereocenters. The highest BCUT2D eigenvalue weighted by Crippen LogP contribution is 2.32. The summed E-state index contributed by atoms with van der Waals surface area (Å²) in [6.45, 7) is 1.27. The number of fused-ring (bicyclic) bond motifs is 1. The van der Waals surface area contributed by atoms with E-state index in [1.165, 1.54) is 12.1 Å². The summed E-state index contributed by atoms with van der Waals surface area (Å²) in [5.41, 5.74) is 1.75. The van der Waals surface area contributed by atoms with Gasteiger partial charge in [-0.25, -0.2) is 9.18 Å². The highest BCUT2D eigenvalue weighted by atomic mass is 79.9. The molecule has 5 nitrogen and oxygen atoms in total. The number of halogens is 2. The maximum absolute atomic E-state index is 13.2. The van der Waals surface area contributed by atoms with Gasteiger partial charge in [0.25, 0.3) is 0 Å². The van der Waals surface area contributed by atoms with E-state index in [1.807, 2.05) is 0 Å². The molecule has 7 heteroatoms. The topological polar surface area (TPSA) is 72.5 Å². The number of carbonyl (C=O) groups is 3. The lowest BCUT2D eigenvalue weighted by Crippen LogP contribution is -2.15. The van der Waals surface area contributed by atoms with E-state index in [0.29, 0.717) is 15.7 Å². The molecule has 128 valence electrons. The lowest BCUT2D eigenvalue weighted by atomic mass is 9.99. The molecule has 1 aliphatic rings. The lowest BCUT2D eigenvalue weighted by molar-refractivity contribution is -0.116. The van der Waals surface area contributed by atoms with Crippen LogP contribution in [-0.2, 0) is 9.53 Å². The number of anilines is 1. The molecule has 1 aliphatic heterocycles. The third-order valence-electron chi connectivity index (χ3n) is 3.97. The number of amides is 1. The van der Waals surface area contributed by atoms with Gasteiger partial charge in [0, 0.05) is 15.7 Å². The van der Waals surface area contributed by atoms with E-state index in [0.717, 1.165) is 11.6 Å². The molecule has 2 aromatic rings. The van der Waals surface area contributed by atoms with Crippen molar-refractivity contribution in [3.8, 4) is 0 Å². The molecule has 0 radical (unpaired) electrons. The van der Waals surface area contributed by atoms with Gasteiger partial charge in [-0.3, -0.25) is 9.59 Å². The van der Waals surface area contributed by atoms with Crippen LogP contribution in [0.5, 0.6) is 0 Å². The first-order valence-corrected chi connectivity index (χ1v) is 8.26. The standard InChI is InChI=1S/C18H13BrFNO4/c1-9-12-6-10(2-5-15(12)21-17(9)23)16(22)8-25-18(24)13-7-11(20)3-4-14(13)19/h2-7,9H,8H2,1H3,(H,21,23)/t9-/m1/s1. The number of ketones is 1. The van der Waals surface area contributed by atoms with Crippen LogP contribution in [0.2, 0.25) is 0 Å². The minimum absolute atomic E-state index is 0.00479. The van der Waals surface area contributed by atoms with Gasteiger partial charge < -0.3 is 10.1 Å². The quantitative estimate of drug-likeness (QED) is 0.621. The highest BCUT2D eigenvalue weighted by Gasteiger charge is 2.27. The molecule has 0 bridgehead atoms. The van der Waals surface area contributed by atoms with E-state index in [1.54, 1.807) is 25.1 Å². The monoisotopic (exact) mass is 405 g/mol. The number of hydrogen-bond acceptors (Lipinski definition) is 4. The Bertz CT molecular complexity index is 897. The number of benzene rings is 2. The van der Waals surface area contributed by atoms with Crippen LogP contribution in [0.3, 0.4) is 0 Å². The number of rotatable bonds is 4. The van der Waals surface area contributed by atoms with Crippen molar-refractivity contribution in [3.05, 3.63) is 63.4 Å². The van der Waals surface area contributed by atoms with Gasteiger partial charge in [0.1, 0.15) is 5.82 Å². The number of nitrogens with one attached hydrogen (secondary N) is 1. The zero-order valence-corrected chi connectivity index (χ0v) is 14.7. The van der Waals surface area contributed by atoms with E-state index >= 15 is 0 Å². The number of carbonyl (C=O) groups excluding carboxylic acids is 3. The Morgan fingerprint density at radius 1 is 1.24 bits per heavy atom. The molecule has 0 aromatic heterocycles. The SMILES string of the molecule is C[C@H]1C(=O)Nc2ccc(C(=O)COC(=O)c3cc(F)ccc3Br)cc21. The normalized spacial score (nSPS) is 15.5. The summed E-state index contributed by atoms with van der Waals surface area (Å²) >= 11 is 3.14. The molecule has 0 saturated carbocycles. The third-order valence-corrected chi connectivity index (χ3v) is 4.67. The van der Waals surface area contributed by atoms with E-state index in [2.05, 4.69) is 21.2 Å². The van der Waals surface area contributed by atoms with Crippen molar-refractivity contribution in [2.24, 2.45) is 0 Å². The van der Waals surface area contributed by atoms with Gasteiger partial charge in [-0.1, -0.05) is 0 Å². The number of ether oxygens (including phenoxy) is 1. The summed E-state index contributed by atoms with van der Waals surface area (Å²) in [6, 6.07) is 8.45. The molecular weight excluding hydrogens is 393 g/mol. The summed E-state index contributed by atoms with van der Waals surface area (Å²) in [5.74, 6) is -2.25. The van der Waals surface area contributed by atoms with Gasteiger partial charge in [-0.15, -0.1) is 0 Å². The zero-order chi connectivity index (χ0) is 18.1. The van der Waals surface area contributed by atoms with E-state index in [9.17, 15) is 18.8 Å². The van der Waals surface area contributed by atoms with E-state index in [4.69, 9.17) is 4.74 Å². The van der Waals surface area contributed by atoms with Crippen molar-refractivity contribution in [1.29, 1.82) is 0 Å². The second kappa shape index (κ2) is 6.76. The fourth-order valence-electron chi connectivity index (χ4n) is 2.54. The van der Waals surface area contributed by atoms with Crippen LogP contribution in [0.4, 0.5) is 10.1 Å². The maximum Gasteiger partial charge on any atom is 0.339 e. The molecule has 1 atom stereocenters. The zero-order valence-electron chi connectivity index (χ0n) is 13.1. The molecule has 0 saturated heterocycles. The van der Waals surface area contributed by atoms with Crippen molar-refractivity contribution in [2.75, 3.05) is 11.9 Å². The van der Waals surface area contributed by atoms with Gasteiger partial charge in [0.15, 0.2) is 12.4 Å². The van der Waals surface area contributed by atoms with Crippen molar-refractivity contribution < 1.29 is 23.5 Å². The van der Waals surface area contributed by atoms with Crippen molar-refractivity contribution in [2.45, 2.75) is 12.8 Å². The van der Waals surface area contributed by atoms with Gasteiger partial charge >= 0.3 is 5.97 Å². The second-order valence-electron chi connectivity index (χ2n) is 5.64. The summed E-state index contributed by atoms with van der Waals surface area (Å²) in [6.07, 6.45) is 0. The molecule has 1 amide bonds. The van der Waals surface area contributed by atoms with E-state index in [-0.39, 0.29) is 17.4 Å². The Hall–Kier alpha value is -2.54. The molecule has 25 heavy (non-hydrogen) atoms. The number of esters is 1. The van der Waals surface area contributed by atoms with Crippen LogP contribution >= 0.6 is 15.9 Å². The van der Waals surface area contributed by atoms with Crippen molar-refractivity contribution >= 4 is 39.3 Å². The fourth-order valence-corrected chi connectivity index (χ4v) is 2.95. The van der Waals surface area contributed by atoms with Gasteiger partial charge in [0.2, 0.25) is 5.91 Å². The van der Waals surface area contributed by atoms with Gasteiger partial charge in [-0.2, -0.15) is 0 Å². The smallest absolute Gasteiger partial charge is 0.339 e. The van der Waals surface area contributed by atoms with Crippen LogP contribution in [0.25, 0.3) is 0 Å². The first kappa shape index (κ1) is 17.3. The van der Waals surface area contributed by atoms with Crippen LogP contribution in [-0.4, -0.2) is 24.3 Å². The van der Waals surface area contributed by atoms with Crippen LogP contribution in [0.15, 0.2) is 40.9 Å². The Labute approximate surface area is 151 Å². The lowest BCUT2D eigenvalue weighted by Gasteiger charge is -2.08. The molecule has 1 heterocycles. The fraction of sp³-hybridized carbons (Fsp3) is 0.167. The van der Waals surface area contributed by atoms with Crippen LogP contribution in [0, 0.1) is 5.82 Å². The largest absolute Gasteiger partial charge is 0.454 e. The summed E-state index contributed by atoms with van der Waals surface area (Å²) in [7, 11) is 0. The first-order chi connectivity index (χ1) is 11.9. The Morgan fingerprint density at radius 3 is 2.76 bits per heavy atom. The van der Waals surface area contributed by atoms with E-state index < -0.39 is 24.2 Å². The summed E-state index contributed by atoms with van der Waals surface area (Å²) < 4.78 is 18.6. The Morgan fingerprint density at radius 2 is 2.00 bits per heavy atom. The predicted molar refractivity (Wildman–Crippen MR) is 92.2 cm³/mol. The predicted octanol–water partition coefficient (Wildman–Crippen LogP) is 3.68. The molecular formula is C18H13BrFNO4. The number of hydrogen-bond donors (Lipinski definition) is 1. The minimum atomic E-state index is -0.800. The molecule has 3 rings (SSSR count). The van der Waals surface area contributed by atoms with Crippen molar-refractivity contribution in [1.82, 2.24) is 0 Å². The minimum Gasteiger partial charge on any atom is -0.454 e. The molecule has 1 N–H and O–H groups in total. The average Bonchev–Trinajstić information content (AvgIpc) is 2.88. The summed E-state index contributed by atoms with van der Waals surface area (Å²) in [5, 5.41) is 2.72. The third kappa shape index (κ3) is 3.46.